The predicted octanol–water partition coefficient (Wildman–Crippen LogP) is 4.83. The fourth-order valence-electron chi connectivity index (χ4n) is 7.42. The number of ketones is 3. The Balaban J connectivity index is 1.49. The van der Waals surface area contributed by atoms with Gasteiger partial charge in [-0.15, -0.1) is 0 Å². The van der Waals surface area contributed by atoms with E-state index in [1.54, 1.807) is 13.0 Å². The number of carbonyl (C=O) groups excluding carboxylic acids is 4. The summed E-state index contributed by atoms with van der Waals surface area (Å²) in [5.74, 6) is 0.562. The van der Waals surface area contributed by atoms with Crippen molar-refractivity contribution in [2.75, 3.05) is 6.61 Å². The smallest absolute Gasteiger partial charge is 0.431 e. The van der Waals surface area contributed by atoms with Gasteiger partial charge in [-0.1, -0.05) is 26.3 Å². The van der Waals surface area contributed by atoms with Gasteiger partial charge in [0.15, 0.2) is 18.2 Å². The van der Waals surface area contributed by atoms with Gasteiger partial charge in [-0.25, -0.2) is 4.79 Å². The molecule has 176 valence electrons. The normalized spacial score (nSPS) is 39.3. The summed E-state index contributed by atoms with van der Waals surface area (Å²) in [7, 11) is 0. The number of fused-ring (bicyclic) bond motifs is 5. The van der Waals surface area contributed by atoms with Crippen LogP contribution in [0.15, 0.2) is 11.6 Å². The fraction of sp³-hybridized carbons (Fsp3) is 0.769. The van der Waals surface area contributed by atoms with E-state index in [2.05, 4.69) is 13.8 Å². The van der Waals surface area contributed by atoms with Gasteiger partial charge < -0.3 is 9.47 Å². The molecule has 0 aromatic carbocycles. The first-order chi connectivity index (χ1) is 15.1. The standard InChI is InChI=1S/C26H36O6/c1-5-15(2)32-24(30)31-14-22(29)20-9-8-19-18-7-6-16-12-17(27)10-11-25(16,3)23(18)21(28)13-26(19,20)4/h12,15,18-20,23H,5-11,13-14H2,1-4H3. The first-order valence-corrected chi connectivity index (χ1v) is 12.2. The summed E-state index contributed by atoms with van der Waals surface area (Å²) < 4.78 is 10.2. The third-order valence-electron chi connectivity index (χ3n) is 9.24. The van der Waals surface area contributed by atoms with E-state index in [-0.39, 0.29) is 58.6 Å². The minimum atomic E-state index is -0.807. The van der Waals surface area contributed by atoms with Gasteiger partial charge >= 0.3 is 6.16 Å². The molecule has 4 aliphatic rings. The SMILES string of the molecule is CCC(C)OC(=O)OCC(=O)C1CCC2C3CCC4=CC(=O)CCC4(C)C3C(=O)CC12C. The molecule has 4 rings (SSSR count). The van der Waals surface area contributed by atoms with Crippen LogP contribution >= 0.6 is 0 Å². The zero-order chi connectivity index (χ0) is 23.3. The number of rotatable bonds is 5. The van der Waals surface area contributed by atoms with Gasteiger partial charge in [-0.05, 0) is 74.2 Å². The van der Waals surface area contributed by atoms with Crippen molar-refractivity contribution >= 4 is 23.5 Å². The summed E-state index contributed by atoms with van der Waals surface area (Å²) in [5, 5.41) is 0. The largest absolute Gasteiger partial charge is 0.508 e. The lowest BCUT2D eigenvalue weighted by molar-refractivity contribution is -0.149. The van der Waals surface area contributed by atoms with E-state index in [0.717, 1.165) is 37.7 Å². The van der Waals surface area contributed by atoms with Gasteiger partial charge in [0, 0.05) is 24.7 Å². The van der Waals surface area contributed by atoms with Gasteiger partial charge in [-0.2, -0.15) is 0 Å². The highest BCUT2D eigenvalue weighted by atomic mass is 16.7. The lowest BCUT2D eigenvalue weighted by Gasteiger charge is -2.56. The second-order valence-corrected chi connectivity index (χ2v) is 11.0. The molecule has 3 fully saturated rings. The van der Waals surface area contributed by atoms with Crippen molar-refractivity contribution in [1.29, 1.82) is 0 Å². The Hall–Kier alpha value is -1.98. The van der Waals surface area contributed by atoms with Crippen LogP contribution < -0.4 is 0 Å². The summed E-state index contributed by atoms with van der Waals surface area (Å²) in [6.45, 7) is 7.67. The van der Waals surface area contributed by atoms with Crippen molar-refractivity contribution in [2.45, 2.75) is 85.2 Å². The van der Waals surface area contributed by atoms with Crippen molar-refractivity contribution in [3.05, 3.63) is 11.6 Å². The molecular formula is C26H36O6. The van der Waals surface area contributed by atoms with Gasteiger partial charge in [0.1, 0.15) is 11.9 Å². The highest BCUT2D eigenvalue weighted by molar-refractivity contribution is 5.93. The molecule has 0 aromatic heterocycles. The molecule has 32 heavy (non-hydrogen) atoms. The number of hydrogen-bond acceptors (Lipinski definition) is 6. The first kappa shape index (κ1) is 23.2. The molecule has 6 nitrogen and oxygen atoms in total. The molecule has 6 heteroatoms. The van der Waals surface area contributed by atoms with Crippen LogP contribution in [-0.4, -0.2) is 36.2 Å². The summed E-state index contributed by atoms with van der Waals surface area (Å²) in [6, 6.07) is 0. The maximum atomic E-state index is 13.6. The van der Waals surface area contributed by atoms with E-state index in [4.69, 9.17) is 9.47 Å². The second-order valence-electron chi connectivity index (χ2n) is 11.0. The Morgan fingerprint density at radius 3 is 2.62 bits per heavy atom. The highest BCUT2D eigenvalue weighted by Gasteiger charge is 2.63. The predicted molar refractivity (Wildman–Crippen MR) is 118 cm³/mol. The highest BCUT2D eigenvalue weighted by Crippen LogP contribution is 2.65. The third-order valence-corrected chi connectivity index (χ3v) is 9.24. The summed E-state index contributed by atoms with van der Waals surface area (Å²) in [6.07, 6.45) is 6.52. The van der Waals surface area contributed by atoms with Crippen molar-refractivity contribution in [1.82, 2.24) is 0 Å². The van der Waals surface area contributed by atoms with Crippen LogP contribution in [0.3, 0.4) is 0 Å². The quantitative estimate of drug-likeness (QED) is 0.564. The van der Waals surface area contributed by atoms with Crippen LogP contribution in [-0.2, 0) is 23.9 Å². The average Bonchev–Trinajstić information content (AvgIpc) is 3.08. The molecule has 4 aliphatic carbocycles. The Labute approximate surface area is 190 Å². The van der Waals surface area contributed by atoms with Crippen molar-refractivity contribution in [3.8, 4) is 0 Å². The molecule has 0 amide bonds. The van der Waals surface area contributed by atoms with Crippen molar-refractivity contribution in [2.24, 2.45) is 34.5 Å². The fourth-order valence-corrected chi connectivity index (χ4v) is 7.42. The molecule has 0 saturated heterocycles. The molecular weight excluding hydrogens is 408 g/mol. The molecule has 0 aliphatic heterocycles. The summed E-state index contributed by atoms with van der Waals surface area (Å²) in [5.41, 5.74) is 0.549. The maximum Gasteiger partial charge on any atom is 0.508 e. The Morgan fingerprint density at radius 2 is 1.91 bits per heavy atom. The molecule has 0 spiro atoms. The third kappa shape index (κ3) is 3.73. The lowest BCUT2D eigenvalue weighted by atomic mass is 9.46. The average molecular weight is 445 g/mol. The molecule has 3 saturated carbocycles. The molecule has 7 atom stereocenters. The summed E-state index contributed by atoms with van der Waals surface area (Å²) in [4.78, 5) is 50.5. The van der Waals surface area contributed by atoms with Crippen molar-refractivity contribution in [3.63, 3.8) is 0 Å². The van der Waals surface area contributed by atoms with Gasteiger partial charge in [0.05, 0.1) is 0 Å². The monoisotopic (exact) mass is 444 g/mol. The van der Waals surface area contributed by atoms with Crippen molar-refractivity contribution < 1.29 is 28.7 Å². The van der Waals surface area contributed by atoms with E-state index in [1.807, 2.05) is 6.92 Å². The van der Waals surface area contributed by atoms with Gasteiger partial charge in [0.25, 0.3) is 0 Å². The zero-order valence-electron chi connectivity index (χ0n) is 19.8. The minimum absolute atomic E-state index is 0.0516. The van der Waals surface area contributed by atoms with E-state index in [0.29, 0.717) is 25.2 Å². The number of ether oxygens (including phenoxy) is 2. The minimum Gasteiger partial charge on any atom is -0.431 e. The van der Waals surface area contributed by atoms with Crippen LogP contribution in [0.25, 0.3) is 0 Å². The van der Waals surface area contributed by atoms with Crippen LogP contribution in [0.2, 0.25) is 0 Å². The number of hydrogen-bond donors (Lipinski definition) is 0. The second kappa shape index (κ2) is 8.42. The van der Waals surface area contributed by atoms with Crippen LogP contribution in [0.4, 0.5) is 4.79 Å². The van der Waals surface area contributed by atoms with Gasteiger partial charge in [0.2, 0.25) is 0 Å². The van der Waals surface area contributed by atoms with E-state index in [9.17, 15) is 19.2 Å². The van der Waals surface area contributed by atoms with E-state index >= 15 is 0 Å². The Kier molecular flexibility index (Phi) is 6.10. The molecule has 0 heterocycles. The number of Topliss-reactive ketones (excluding diaryl/α,β-unsaturated/α-hetero) is 2. The molecule has 0 aromatic rings. The number of carbonyl (C=O) groups is 4. The topological polar surface area (TPSA) is 86.7 Å². The lowest BCUT2D eigenvalue weighted by Crippen LogP contribution is -2.55. The van der Waals surface area contributed by atoms with Crippen LogP contribution in [0.1, 0.15) is 79.1 Å². The maximum absolute atomic E-state index is 13.6. The molecule has 0 N–H and O–H groups in total. The van der Waals surface area contributed by atoms with Crippen LogP contribution in [0.5, 0.6) is 0 Å². The van der Waals surface area contributed by atoms with E-state index < -0.39 is 6.16 Å². The van der Waals surface area contributed by atoms with Crippen LogP contribution in [0, 0.1) is 34.5 Å². The Morgan fingerprint density at radius 1 is 1.16 bits per heavy atom. The Bertz CT molecular complexity index is 858. The zero-order valence-corrected chi connectivity index (χ0v) is 19.8. The first-order valence-electron chi connectivity index (χ1n) is 12.2. The number of allylic oxidation sites excluding steroid dienone is 1. The molecule has 0 bridgehead atoms. The molecule has 7 unspecified atom stereocenters. The summed E-state index contributed by atoms with van der Waals surface area (Å²) >= 11 is 0. The van der Waals surface area contributed by atoms with E-state index in [1.165, 1.54) is 0 Å². The van der Waals surface area contributed by atoms with Gasteiger partial charge in [-0.3, -0.25) is 14.4 Å². The molecule has 0 radical (unpaired) electrons.